The van der Waals surface area contributed by atoms with E-state index in [9.17, 15) is 0 Å². The van der Waals surface area contributed by atoms with Crippen molar-refractivity contribution in [3.63, 3.8) is 0 Å². The van der Waals surface area contributed by atoms with E-state index < -0.39 is 0 Å². The molecule has 0 bridgehead atoms. The number of imidazole rings is 1. The molecule has 3 N–H and O–H groups in total. The van der Waals surface area contributed by atoms with Crippen molar-refractivity contribution in [2.24, 2.45) is 17.6 Å². The topological polar surface area (TPSA) is 54.7 Å². The summed E-state index contributed by atoms with van der Waals surface area (Å²) in [6.45, 7) is 9.41. The van der Waals surface area contributed by atoms with Crippen molar-refractivity contribution in [2.75, 3.05) is 6.54 Å². The number of H-pyrrole nitrogens is 1. The standard InChI is InChI=1S/C12H23N3/c1-8(2)5-11-10(4)14-12(15-11)6-9(3)7-13/h8-9H,5-7,13H2,1-4H3,(H,14,15). The van der Waals surface area contributed by atoms with Crippen LogP contribution in [0.5, 0.6) is 0 Å². The Bertz CT molecular complexity index is 302. The third-order valence-corrected chi connectivity index (χ3v) is 2.58. The second-order valence-electron chi connectivity index (χ2n) is 4.90. The fourth-order valence-corrected chi connectivity index (χ4v) is 1.66. The van der Waals surface area contributed by atoms with Crippen LogP contribution in [0.4, 0.5) is 0 Å². The van der Waals surface area contributed by atoms with E-state index in [1.807, 2.05) is 0 Å². The van der Waals surface area contributed by atoms with Gasteiger partial charge in [0, 0.05) is 12.1 Å². The van der Waals surface area contributed by atoms with Crippen LogP contribution in [0, 0.1) is 18.8 Å². The van der Waals surface area contributed by atoms with Crippen LogP contribution in [0.1, 0.15) is 38.0 Å². The molecule has 0 spiro atoms. The molecule has 1 heterocycles. The zero-order valence-corrected chi connectivity index (χ0v) is 10.3. The molecule has 0 aliphatic rings. The van der Waals surface area contributed by atoms with E-state index in [1.165, 1.54) is 11.4 Å². The Kier molecular flexibility index (Phi) is 4.33. The molecule has 1 rings (SSSR count). The van der Waals surface area contributed by atoms with Gasteiger partial charge in [-0.25, -0.2) is 4.98 Å². The number of aryl methyl sites for hydroxylation is 1. The Labute approximate surface area is 92.5 Å². The van der Waals surface area contributed by atoms with E-state index in [0.717, 1.165) is 25.2 Å². The summed E-state index contributed by atoms with van der Waals surface area (Å²) in [4.78, 5) is 7.98. The zero-order valence-electron chi connectivity index (χ0n) is 10.3. The second kappa shape index (κ2) is 5.31. The summed E-state index contributed by atoms with van der Waals surface area (Å²) >= 11 is 0. The summed E-state index contributed by atoms with van der Waals surface area (Å²) in [6, 6.07) is 0. The Morgan fingerprint density at radius 3 is 2.47 bits per heavy atom. The number of nitrogens with one attached hydrogen (secondary N) is 1. The molecule has 0 saturated heterocycles. The Hall–Kier alpha value is -0.830. The van der Waals surface area contributed by atoms with Gasteiger partial charge in [0.05, 0.1) is 5.69 Å². The van der Waals surface area contributed by atoms with Gasteiger partial charge in [-0.2, -0.15) is 0 Å². The van der Waals surface area contributed by atoms with Gasteiger partial charge in [0.15, 0.2) is 0 Å². The molecule has 0 fully saturated rings. The first-order valence-corrected chi connectivity index (χ1v) is 5.77. The summed E-state index contributed by atoms with van der Waals surface area (Å²) in [5, 5.41) is 0. The van der Waals surface area contributed by atoms with E-state index in [0.29, 0.717) is 11.8 Å². The maximum atomic E-state index is 5.60. The van der Waals surface area contributed by atoms with E-state index in [-0.39, 0.29) is 0 Å². The number of hydrogen-bond donors (Lipinski definition) is 2. The van der Waals surface area contributed by atoms with Gasteiger partial charge in [-0.05, 0) is 31.7 Å². The van der Waals surface area contributed by atoms with Crippen LogP contribution in [0.25, 0.3) is 0 Å². The van der Waals surface area contributed by atoms with Crippen molar-refractivity contribution in [3.8, 4) is 0 Å². The molecule has 0 saturated carbocycles. The molecule has 3 nitrogen and oxygen atoms in total. The maximum absolute atomic E-state index is 5.60. The quantitative estimate of drug-likeness (QED) is 0.780. The molecule has 0 aromatic carbocycles. The average molecular weight is 209 g/mol. The number of rotatable bonds is 5. The highest BCUT2D eigenvalue weighted by atomic mass is 14.9. The van der Waals surface area contributed by atoms with E-state index in [1.54, 1.807) is 0 Å². The van der Waals surface area contributed by atoms with Crippen LogP contribution in [0.15, 0.2) is 0 Å². The molecule has 1 aromatic rings. The van der Waals surface area contributed by atoms with Gasteiger partial charge in [0.2, 0.25) is 0 Å². The fourth-order valence-electron chi connectivity index (χ4n) is 1.66. The lowest BCUT2D eigenvalue weighted by molar-refractivity contribution is 0.574. The van der Waals surface area contributed by atoms with Crippen molar-refractivity contribution in [1.29, 1.82) is 0 Å². The van der Waals surface area contributed by atoms with E-state index in [4.69, 9.17) is 5.73 Å². The molecule has 1 unspecified atom stereocenters. The molecular formula is C12H23N3. The Morgan fingerprint density at radius 1 is 1.27 bits per heavy atom. The van der Waals surface area contributed by atoms with Crippen molar-refractivity contribution in [2.45, 2.75) is 40.5 Å². The van der Waals surface area contributed by atoms with Crippen LogP contribution in [0.3, 0.4) is 0 Å². The van der Waals surface area contributed by atoms with Crippen LogP contribution >= 0.6 is 0 Å². The SMILES string of the molecule is Cc1[nH]c(CC(C)CN)nc1CC(C)C. The lowest BCUT2D eigenvalue weighted by atomic mass is 10.1. The number of nitrogens with zero attached hydrogens (tertiary/aromatic N) is 1. The summed E-state index contributed by atoms with van der Waals surface area (Å²) in [7, 11) is 0. The second-order valence-corrected chi connectivity index (χ2v) is 4.90. The molecule has 1 atom stereocenters. The minimum absolute atomic E-state index is 0.502. The summed E-state index contributed by atoms with van der Waals surface area (Å²) in [6.07, 6.45) is 2.01. The zero-order chi connectivity index (χ0) is 11.4. The molecule has 0 aliphatic carbocycles. The van der Waals surface area contributed by atoms with Gasteiger partial charge in [0.1, 0.15) is 5.82 Å². The maximum Gasteiger partial charge on any atom is 0.106 e. The third-order valence-electron chi connectivity index (χ3n) is 2.58. The largest absolute Gasteiger partial charge is 0.346 e. The van der Waals surface area contributed by atoms with Crippen LogP contribution in [0.2, 0.25) is 0 Å². The number of nitrogens with two attached hydrogens (primary N) is 1. The van der Waals surface area contributed by atoms with Gasteiger partial charge >= 0.3 is 0 Å². The third kappa shape index (κ3) is 3.67. The number of hydrogen-bond acceptors (Lipinski definition) is 2. The Morgan fingerprint density at radius 2 is 1.93 bits per heavy atom. The molecular weight excluding hydrogens is 186 g/mol. The van der Waals surface area contributed by atoms with Gasteiger partial charge in [-0.15, -0.1) is 0 Å². The van der Waals surface area contributed by atoms with E-state index in [2.05, 4.69) is 37.7 Å². The monoisotopic (exact) mass is 209 g/mol. The number of aromatic nitrogens is 2. The minimum Gasteiger partial charge on any atom is -0.346 e. The molecule has 1 aromatic heterocycles. The van der Waals surface area contributed by atoms with Crippen molar-refractivity contribution in [1.82, 2.24) is 9.97 Å². The minimum atomic E-state index is 0.502. The first-order valence-electron chi connectivity index (χ1n) is 5.77. The molecule has 15 heavy (non-hydrogen) atoms. The molecule has 3 heteroatoms. The highest BCUT2D eigenvalue weighted by molar-refractivity contribution is 5.13. The average Bonchev–Trinajstić information content (AvgIpc) is 2.45. The van der Waals surface area contributed by atoms with Crippen molar-refractivity contribution in [3.05, 3.63) is 17.2 Å². The molecule has 86 valence electrons. The van der Waals surface area contributed by atoms with Gasteiger partial charge in [0.25, 0.3) is 0 Å². The van der Waals surface area contributed by atoms with Crippen LogP contribution < -0.4 is 5.73 Å². The normalized spacial score (nSPS) is 13.5. The first-order chi connectivity index (χ1) is 7.02. The first kappa shape index (κ1) is 12.2. The summed E-state index contributed by atoms with van der Waals surface area (Å²) < 4.78 is 0. The predicted molar refractivity (Wildman–Crippen MR) is 63.8 cm³/mol. The summed E-state index contributed by atoms with van der Waals surface area (Å²) in [5.74, 6) is 2.25. The highest BCUT2D eigenvalue weighted by Crippen LogP contribution is 2.12. The van der Waals surface area contributed by atoms with Gasteiger partial charge < -0.3 is 10.7 Å². The van der Waals surface area contributed by atoms with Gasteiger partial charge in [-0.3, -0.25) is 0 Å². The molecule has 0 radical (unpaired) electrons. The summed E-state index contributed by atoms with van der Waals surface area (Å²) in [5.41, 5.74) is 8.03. The Balaban J connectivity index is 2.68. The fraction of sp³-hybridized carbons (Fsp3) is 0.750. The lowest BCUT2D eigenvalue weighted by Crippen LogP contribution is -2.13. The smallest absolute Gasteiger partial charge is 0.106 e. The predicted octanol–water partition coefficient (Wildman–Crippen LogP) is 2.05. The molecule has 0 aliphatic heterocycles. The van der Waals surface area contributed by atoms with Crippen molar-refractivity contribution < 1.29 is 0 Å². The van der Waals surface area contributed by atoms with E-state index >= 15 is 0 Å². The molecule has 0 amide bonds. The highest BCUT2D eigenvalue weighted by Gasteiger charge is 2.10. The lowest BCUT2D eigenvalue weighted by Gasteiger charge is -2.04. The van der Waals surface area contributed by atoms with Crippen LogP contribution in [-0.2, 0) is 12.8 Å². The van der Waals surface area contributed by atoms with Crippen molar-refractivity contribution >= 4 is 0 Å². The van der Waals surface area contributed by atoms with Crippen LogP contribution in [-0.4, -0.2) is 16.5 Å². The van der Waals surface area contributed by atoms with Gasteiger partial charge in [-0.1, -0.05) is 20.8 Å². The number of aromatic amines is 1.